The number of aromatic nitrogens is 1. The molecule has 7 rings (SSSR count). The minimum Gasteiger partial charge on any atom is -0.497 e. The molecule has 2 bridgehead atoms. The maximum atomic E-state index is 14.2. The highest BCUT2D eigenvalue weighted by Crippen LogP contribution is 2.50. The molecule has 4 atom stereocenters. The number of ether oxygens (including phenoxy) is 1. The lowest BCUT2D eigenvalue weighted by molar-refractivity contribution is 0.311. The Morgan fingerprint density at radius 1 is 1.18 bits per heavy atom. The van der Waals surface area contributed by atoms with Crippen molar-refractivity contribution >= 4 is 33.0 Å². The molecule has 1 saturated heterocycles. The average Bonchev–Trinajstić information content (AvgIpc) is 3.41. The Hall–Kier alpha value is -2.81. The molecule has 7 nitrogen and oxygen atoms in total. The van der Waals surface area contributed by atoms with Crippen molar-refractivity contribution in [2.45, 2.75) is 37.9 Å². The van der Waals surface area contributed by atoms with Gasteiger partial charge in [0.15, 0.2) is 5.82 Å². The van der Waals surface area contributed by atoms with Crippen LogP contribution in [0.5, 0.6) is 5.75 Å². The molecule has 0 N–H and O–H groups in total. The Morgan fingerprint density at radius 3 is 2.53 bits per heavy atom. The van der Waals surface area contributed by atoms with Gasteiger partial charge in [0.1, 0.15) is 11.4 Å². The third-order valence-electron chi connectivity index (χ3n) is 7.91. The summed E-state index contributed by atoms with van der Waals surface area (Å²) in [5, 5.41) is 0. The van der Waals surface area contributed by atoms with Crippen molar-refractivity contribution in [3.63, 3.8) is 0 Å². The van der Waals surface area contributed by atoms with Crippen LogP contribution in [0.25, 0.3) is 5.57 Å². The molecule has 180 valence electrons. The van der Waals surface area contributed by atoms with Gasteiger partial charge in [-0.05, 0) is 68.2 Å². The lowest BCUT2D eigenvalue weighted by Crippen LogP contribution is -2.46. The van der Waals surface area contributed by atoms with E-state index in [0.29, 0.717) is 23.8 Å². The summed E-state index contributed by atoms with van der Waals surface area (Å²) in [7, 11) is -0.543. The zero-order chi connectivity index (χ0) is 23.8. The average molecular weight is 485 g/mol. The monoisotopic (exact) mass is 484 g/mol. The molecule has 1 saturated carbocycles. The molecule has 9 heteroatoms. The quantitative estimate of drug-likeness (QED) is 0.641. The first-order valence-electron chi connectivity index (χ1n) is 11.8. The highest BCUT2D eigenvalue weighted by atomic mass is 32.2. The largest absolute Gasteiger partial charge is 0.497 e. The normalized spacial score (nSPS) is 30.9. The van der Waals surface area contributed by atoms with Gasteiger partial charge in [-0.2, -0.15) is 8.42 Å². The van der Waals surface area contributed by atoms with Crippen LogP contribution < -0.4 is 18.2 Å². The van der Waals surface area contributed by atoms with E-state index >= 15 is 0 Å². The fraction of sp³-hybridized carbons (Fsp3) is 0.480. The van der Waals surface area contributed by atoms with Crippen LogP contribution in [0.3, 0.4) is 0 Å². The number of methoxy groups -OCH3 is 1. The van der Waals surface area contributed by atoms with Crippen LogP contribution in [0.2, 0.25) is 0 Å². The van der Waals surface area contributed by atoms with Crippen LogP contribution in [-0.4, -0.2) is 52.4 Å². The van der Waals surface area contributed by atoms with E-state index in [1.165, 1.54) is 33.8 Å². The van der Waals surface area contributed by atoms with Gasteiger partial charge < -0.3 is 9.64 Å². The van der Waals surface area contributed by atoms with Crippen LogP contribution >= 0.6 is 0 Å². The molecule has 0 radical (unpaired) electrons. The van der Waals surface area contributed by atoms with Gasteiger partial charge in [-0.3, -0.25) is 0 Å². The Morgan fingerprint density at radius 2 is 1.91 bits per heavy atom. The van der Waals surface area contributed by atoms with Gasteiger partial charge in [0.05, 0.1) is 18.5 Å². The minimum absolute atomic E-state index is 0.151. The molecule has 0 amide bonds. The van der Waals surface area contributed by atoms with Crippen LogP contribution in [0.4, 0.5) is 21.6 Å². The maximum absolute atomic E-state index is 14.2. The molecular formula is C25H29FN4O3S. The number of benzene rings is 1. The number of alkyl halides is 1. The summed E-state index contributed by atoms with van der Waals surface area (Å²) in [4.78, 5) is 7.24. The highest BCUT2D eigenvalue weighted by molar-refractivity contribution is 7.94. The predicted molar refractivity (Wildman–Crippen MR) is 131 cm³/mol. The van der Waals surface area contributed by atoms with Crippen molar-refractivity contribution in [3.8, 4) is 5.75 Å². The number of halogens is 1. The Labute approximate surface area is 200 Å². The maximum Gasteiger partial charge on any atom is 0.327 e. The zero-order valence-corrected chi connectivity index (χ0v) is 20.4. The minimum atomic E-state index is -3.74. The van der Waals surface area contributed by atoms with Gasteiger partial charge in [0, 0.05) is 43.7 Å². The molecule has 4 unspecified atom stereocenters. The smallest absolute Gasteiger partial charge is 0.327 e. The second kappa shape index (κ2) is 7.34. The number of fused-ring (bicyclic) bond motifs is 3. The Bertz CT molecular complexity index is 1280. The van der Waals surface area contributed by atoms with E-state index in [4.69, 9.17) is 9.72 Å². The molecule has 4 heterocycles. The third kappa shape index (κ3) is 3.27. The summed E-state index contributed by atoms with van der Waals surface area (Å²) in [6.07, 6.45) is 4.84. The van der Waals surface area contributed by atoms with E-state index in [1.54, 1.807) is 7.11 Å². The number of pyridine rings is 1. The van der Waals surface area contributed by atoms with Crippen molar-refractivity contribution in [3.05, 3.63) is 48.2 Å². The molecule has 2 aliphatic carbocycles. The molecule has 1 aromatic carbocycles. The van der Waals surface area contributed by atoms with Gasteiger partial charge >= 0.3 is 10.2 Å². The number of hydrogen-bond donors (Lipinski definition) is 0. The summed E-state index contributed by atoms with van der Waals surface area (Å²) < 4.78 is 48.1. The van der Waals surface area contributed by atoms with E-state index in [9.17, 15) is 12.8 Å². The van der Waals surface area contributed by atoms with Crippen LogP contribution in [0.1, 0.15) is 31.9 Å². The molecule has 0 spiro atoms. The van der Waals surface area contributed by atoms with Gasteiger partial charge in [0.25, 0.3) is 0 Å². The van der Waals surface area contributed by atoms with Crippen molar-refractivity contribution in [1.29, 1.82) is 0 Å². The molecule has 2 fully saturated rings. The van der Waals surface area contributed by atoms with Crippen molar-refractivity contribution in [2.75, 3.05) is 40.8 Å². The van der Waals surface area contributed by atoms with Gasteiger partial charge in [-0.25, -0.2) is 18.0 Å². The van der Waals surface area contributed by atoms with Crippen LogP contribution in [0.15, 0.2) is 42.5 Å². The summed E-state index contributed by atoms with van der Waals surface area (Å²) in [5.41, 5.74) is 2.44. The summed E-state index contributed by atoms with van der Waals surface area (Å²) in [5.74, 6) is 1.32. The zero-order valence-electron chi connectivity index (χ0n) is 19.6. The molecule has 1 aromatic heterocycles. The van der Waals surface area contributed by atoms with E-state index in [0.717, 1.165) is 30.8 Å². The first kappa shape index (κ1) is 21.7. The summed E-state index contributed by atoms with van der Waals surface area (Å²) in [6, 6.07) is 12.2. The number of rotatable bonds is 5. The van der Waals surface area contributed by atoms with Crippen molar-refractivity contribution in [2.24, 2.45) is 11.8 Å². The Kier molecular flexibility index (Phi) is 4.69. The fourth-order valence-electron chi connectivity index (χ4n) is 5.61. The van der Waals surface area contributed by atoms with Gasteiger partial charge in [-0.1, -0.05) is 6.08 Å². The standard InChI is InChI=1S/C25H29FN4O3S/c1-25(26)13-17(25)15-30-23-11-10-22(27-24(23)28(2)34(30,31)32)21-12-19-5-4-16(21)14-29(19)18-6-8-20(33-3)9-7-18/h6-12,16-17,19H,4-5,13-15H2,1-3H3. The van der Waals surface area contributed by atoms with Crippen molar-refractivity contribution in [1.82, 2.24) is 4.98 Å². The first-order valence-corrected chi connectivity index (χ1v) is 13.2. The highest BCUT2D eigenvalue weighted by Gasteiger charge is 2.54. The van der Waals surface area contributed by atoms with E-state index < -0.39 is 15.9 Å². The van der Waals surface area contributed by atoms with Gasteiger partial charge in [0.2, 0.25) is 0 Å². The summed E-state index contributed by atoms with van der Waals surface area (Å²) >= 11 is 0. The number of anilines is 3. The van der Waals surface area contributed by atoms with Crippen LogP contribution in [0, 0.1) is 11.8 Å². The SMILES string of the molecule is COc1ccc(N2CC3CCC2C=C3c2ccc3c(n2)N(C)S(=O)(=O)N3CC2CC2(C)F)cc1. The van der Waals surface area contributed by atoms with Crippen molar-refractivity contribution < 1.29 is 17.5 Å². The molecule has 3 aliphatic heterocycles. The first-order chi connectivity index (χ1) is 16.2. The van der Waals surface area contributed by atoms with E-state index in [2.05, 4.69) is 23.1 Å². The van der Waals surface area contributed by atoms with E-state index in [-0.39, 0.29) is 18.5 Å². The molecular weight excluding hydrogens is 455 g/mol. The third-order valence-corrected chi connectivity index (χ3v) is 9.68. The molecule has 5 aliphatic rings. The number of hydrogen-bond acceptors (Lipinski definition) is 5. The molecule has 34 heavy (non-hydrogen) atoms. The second-order valence-corrected chi connectivity index (χ2v) is 11.9. The molecule has 2 aromatic rings. The number of piperidine rings is 1. The topological polar surface area (TPSA) is 66.0 Å². The fourth-order valence-corrected chi connectivity index (χ4v) is 7.02. The lowest BCUT2D eigenvalue weighted by atomic mass is 9.78. The van der Waals surface area contributed by atoms with Gasteiger partial charge in [-0.15, -0.1) is 0 Å². The predicted octanol–water partition coefficient (Wildman–Crippen LogP) is 4.02. The van der Waals surface area contributed by atoms with Crippen LogP contribution in [-0.2, 0) is 10.2 Å². The Balaban J connectivity index is 1.29. The second-order valence-electron chi connectivity index (χ2n) is 10.0. The lowest BCUT2D eigenvalue weighted by Gasteiger charge is -2.45. The summed E-state index contributed by atoms with van der Waals surface area (Å²) in [6.45, 7) is 2.59. The number of nitrogens with zero attached hydrogens (tertiary/aromatic N) is 4. The van der Waals surface area contributed by atoms with E-state index in [1.807, 2.05) is 24.3 Å².